The van der Waals surface area contributed by atoms with Crippen molar-refractivity contribution in [3.05, 3.63) is 28.8 Å². The number of carboxylic acids is 2. The molecule has 0 radical (unpaired) electrons. The standard InChI is InChI=1S/C9H6ClNO5/c10-5-3-1-2-4(8(13)14)6(5)11-7(12)9(15)16/h1-3H,(H,11,12)(H,13,14)(H,15,16). The Morgan fingerprint density at radius 2 is 1.81 bits per heavy atom. The zero-order chi connectivity index (χ0) is 12.3. The molecule has 0 heterocycles. The Balaban J connectivity index is 3.16. The van der Waals surface area contributed by atoms with Crippen LogP contribution in [0.15, 0.2) is 18.2 Å². The molecule has 0 bridgehead atoms. The van der Waals surface area contributed by atoms with Gasteiger partial charge >= 0.3 is 17.8 Å². The fourth-order valence-corrected chi connectivity index (χ4v) is 1.22. The minimum atomic E-state index is -1.73. The van der Waals surface area contributed by atoms with Gasteiger partial charge < -0.3 is 15.5 Å². The molecule has 0 aliphatic rings. The number of rotatable bonds is 2. The summed E-state index contributed by atoms with van der Waals surface area (Å²) < 4.78 is 0. The number of benzene rings is 1. The minimum absolute atomic E-state index is 0.0468. The van der Waals surface area contributed by atoms with Crippen molar-refractivity contribution in [3.63, 3.8) is 0 Å². The Morgan fingerprint density at radius 3 is 2.31 bits per heavy atom. The van der Waals surface area contributed by atoms with Gasteiger partial charge in [-0.25, -0.2) is 9.59 Å². The van der Waals surface area contributed by atoms with E-state index in [2.05, 4.69) is 0 Å². The summed E-state index contributed by atoms with van der Waals surface area (Å²) in [5.74, 6) is -4.39. The minimum Gasteiger partial charge on any atom is -0.478 e. The maximum Gasteiger partial charge on any atom is 0.394 e. The highest BCUT2D eigenvalue weighted by molar-refractivity contribution is 6.40. The van der Waals surface area contributed by atoms with Crippen molar-refractivity contribution in [2.24, 2.45) is 0 Å². The van der Waals surface area contributed by atoms with Crippen LogP contribution >= 0.6 is 11.6 Å². The average molecular weight is 244 g/mol. The van der Waals surface area contributed by atoms with E-state index in [1.807, 2.05) is 5.32 Å². The Bertz CT molecular complexity index is 471. The van der Waals surface area contributed by atoms with Crippen molar-refractivity contribution < 1.29 is 24.6 Å². The molecule has 3 N–H and O–H groups in total. The normalized spacial score (nSPS) is 9.56. The van der Waals surface area contributed by atoms with Crippen LogP contribution in [0.4, 0.5) is 5.69 Å². The Labute approximate surface area is 94.5 Å². The molecule has 1 aromatic rings. The molecule has 0 aromatic heterocycles. The van der Waals surface area contributed by atoms with Gasteiger partial charge in [-0.15, -0.1) is 0 Å². The number of carbonyl (C=O) groups excluding carboxylic acids is 1. The van der Waals surface area contributed by atoms with Gasteiger partial charge in [-0.05, 0) is 12.1 Å². The van der Waals surface area contributed by atoms with E-state index >= 15 is 0 Å². The van der Waals surface area contributed by atoms with Crippen molar-refractivity contribution in [2.75, 3.05) is 5.32 Å². The maximum atomic E-state index is 10.9. The number of aromatic carboxylic acids is 1. The lowest BCUT2D eigenvalue weighted by Crippen LogP contribution is -2.23. The Kier molecular flexibility index (Phi) is 3.47. The zero-order valence-electron chi connectivity index (χ0n) is 7.73. The first kappa shape index (κ1) is 12.0. The van der Waals surface area contributed by atoms with Crippen LogP contribution in [0, 0.1) is 0 Å². The molecule has 1 aromatic carbocycles. The number of carbonyl (C=O) groups is 3. The molecule has 0 fully saturated rings. The first-order valence-electron chi connectivity index (χ1n) is 3.99. The van der Waals surface area contributed by atoms with Crippen molar-refractivity contribution in [1.82, 2.24) is 0 Å². The highest BCUT2D eigenvalue weighted by atomic mass is 35.5. The van der Waals surface area contributed by atoms with Crippen LogP contribution < -0.4 is 5.32 Å². The van der Waals surface area contributed by atoms with Gasteiger partial charge in [-0.3, -0.25) is 4.79 Å². The first-order valence-corrected chi connectivity index (χ1v) is 4.37. The lowest BCUT2D eigenvalue weighted by molar-refractivity contribution is -0.147. The number of halogens is 1. The molecular weight excluding hydrogens is 238 g/mol. The van der Waals surface area contributed by atoms with Gasteiger partial charge in [0.15, 0.2) is 0 Å². The summed E-state index contributed by atoms with van der Waals surface area (Å²) in [5, 5.41) is 19.0. The second-order valence-electron chi connectivity index (χ2n) is 2.73. The van der Waals surface area contributed by atoms with Crippen LogP contribution in [0.1, 0.15) is 10.4 Å². The molecule has 7 heteroatoms. The SMILES string of the molecule is O=C(O)C(=O)Nc1c(Cl)cccc1C(=O)O. The molecule has 16 heavy (non-hydrogen) atoms. The van der Waals surface area contributed by atoms with Crippen LogP contribution in [0.2, 0.25) is 5.02 Å². The van der Waals surface area contributed by atoms with E-state index in [0.29, 0.717) is 0 Å². The van der Waals surface area contributed by atoms with Crippen LogP contribution in [0.25, 0.3) is 0 Å². The number of nitrogens with one attached hydrogen (secondary N) is 1. The third-order valence-electron chi connectivity index (χ3n) is 1.68. The smallest absolute Gasteiger partial charge is 0.394 e. The first-order chi connectivity index (χ1) is 7.43. The van der Waals surface area contributed by atoms with Crippen molar-refractivity contribution >= 4 is 35.1 Å². The molecular formula is C9H6ClNO5. The summed E-state index contributed by atoms with van der Waals surface area (Å²) in [5.41, 5.74) is -0.508. The van der Waals surface area contributed by atoms with Gasteiger partial charge in [-0.2, -0.15) is 0 Å². The lowest BCUT2D eigenvalue weighted by atomic mass is 10.2. The number of carboxylic acid groups (broad SMARTS) is 2. The highest BCUT2D eigenvalue weighted by Gasteiger charge is 2.18. The summed E-state index contributed by atoms with van der Waals surface area (Å²) in [6, 6.07) is 3.92. The van der Waals surface area contributed by atoms with E-state index < -0.39 is 17.8 Å². The van der Waals surface area contributed by atoms with Gasteiger partial charge in [0.25, 0.3) is 0 Å². The predicted molar refractivity (Wildman–Crippen MR) is 54.7 cm³/mol. The fourth-order valence-electron chi connectivity index (χ4n) is 0.996. The van der Waals surface area contributed by atoms with Gasteiger partial charge in [-0.1, -0.05) is 17.7 Å². The van der Waals surface area contributed by atoms with Crippen molar-refractivity contribution in [3.8, 4) is 0 Å². The molecule has 0 aliphatic heterocycles. The van der Waals surface area contributed by atoms with Crippen LogP contribution in [0.5, 0.6) is 0 Å². The van der Waals surface area contributed by atoms with Gasteiger partial charge in [0, 0.05) is 0 Å². The summed E-state index contributed by atoms with van der Waals surface area (Å²) in [6.45, 7) is 0. The number of hydrogen-bond donors (Lipinski definition) is 3. The van der Waals surface area contributed by atoms with E-state index in [-0.39, 0.29) is 16.3 Å². The molecule has 0 atom stereocenters. The van der Waals surface area contributed by atoms with E-state index in [1.165, 1.54) is 18.2 Å². The summed E-state index contributed by atoms with van der Waals surface area (Å²) >= 11 is 5.65. The topological polar surface area (TPSA) is 104 Å². The number of amides is 1. The number of anilines is 1. The number of aliphatic carboxylic acids is 1. The maximum absolute atomic E-state index is 10.9. The Morgan fingerprint density at radius 1 is 1.19 bits per heavy atom. The largest absolute Gasteiger partial charge is 0.478 e. The Hall–Kier alpha value is -2.08. The predicted octanol–water partition coefficient (Wildman–Crippen LogP) is 1.06. The molecule has 84 valence electrons. The lowest BCUT2D eigenvalue weighted by Gasteiger charge is -2.07. The molecule has 0 unspecified atom stereocenters. The highest BCUT2D eigenvalue weighted by Crippen LogP contribution is 2.25. The van der Waals surface area contributed by atoms with Crippen LogP contribution in [0.3, 0.4) is 0 Å². The van der Waals surface area contributed by atoms with Gasteiger partial charge in [0.1, 0.15) is 0 Å². The second kappa shape index (κ2) is 4.63. The van der Waals surface area contributed by atoms with Crippen molar-refractivity contribution in [1.29, 1.82) is 0 Å². The van der Waals surface area contributed by atoms with Crippen LogP contribution in [-0.2, 0) is 9.59 Å². The fraction of sp³-hybridized carbons (Fsp3) is 0. The summed E-state index contributed by atoms with van der Waals surface area (Å²) in [4.78, 5) is 31.9. The van der Waals surface area contributed by atoms with E-state index in [9.17, 15) is 14.4 Å². The molecule has 0 aliphatic carbocycles. The van der Waals surface area contributed by atoms with E-state index in [4.69, 9.17) is 21.8 Å². The quantitative estimate of drug-likeness (QED) is 0.674. The molecule has 0 saturated carbocycles. The third-order valence-corrected chi connectivity index (χ3v) is 1.99. The van der Waals surface area contributed by atoms with Crippen molar-refractivity contribution in [2.45, 2.75) is 0 Å². The van der Waals surface area contributed by atoms with E-state index in [0.717, 1.165) is 0 Å². The molecule has 1 amide bonds. The summed E-state index contributed by atoms with van der Waals surface area (Å²) in [6.07, 6.45) is 0. The molecule has 1 rings (SSSR count). The monoisotopic (exact) mass is 243 g/mol. The van der Waals surface area contributed by atoms with Gasteiger partial charge in [0.2, 0.25) is 0 Å². The number of para-hydroxylation sites is 1. The zero-order valence-corrected chi connectivity index (χ0v) is 8.49. The molecule has 0 spiro atoms. The average Bonchev–Trinajstić information content (AvgIpc) is 2.20. The number of hydrogen-bond acceptors (Lipinski definition) is 3. The van der Waals surface area contributed by atoms with Crippen LogP contribution in [-0.4, -0.2) is 28.1 Å². The van der Waals surface area contributed by atoms with E-state index in [1.54, 1.807) is 0 Å². The molecule has 0 saturated heterocycles. The summed E-state index contributed by atoms with van der Waals surface area (Å²) in [7, 11) is 0. The second-order valence-corrected chi connectivity index (χ2v) is 3.13. The third kappa shape index (κ3) is 2.48. The van der Waals surface area contributed by atoms with Gasteiger partial charge in [0.05, 0.1) is 16.3 Å². The molecule has 6 nitrogen and oxygen atoms in total.